The smallest absolute Gasteiger partial charge is 0.248 e. The number of nitrogens with one attached hydrogen (secondary N) is 1. The van der Waals surface area contributed by atoms with Crippen molar-refractivity contribution < 1.29 is 14.3 Å². The normalized spacial score (nSPS) is 18.9. The third-order valence-electron chi connectivity index (χ3n) is 6.25. The quantitative estimate of drug-likeness (QED) is 0.668. The highest BCUT2D eigenvalue weighted by molar-refractivity contribution is 5.84. The van der Waals surface area contributed by atoms with Gasteiger partial charge >= 0.3 is 0 Å². The summed E-state index contributed by atoms with van der Waals surface area (Å²) in [5.74, 6) is 0.836. The average Bonchev–Trinajstić information content (AvgIpc) is 2.83. The number of carbonyl (C=O) groups is 1. The van der Waals surface area contributed by atoms with Gasteiger partial charge in [0.2, 0.25) is 11.5 Å². The molecule has 1 atom stereocenters. The molecular formula is C25H27N3O4. The molecule has 1 amide bonds. The first-order chi connectivity index (χ1) is 15.7. The van der Waals surface area contributed by atoms with Crippen LogP contribution in [0, 0.1) is 0 Å². The number of pyridine rings is 1. The first-order valence-electron chi connectivity index (χ1n) is 11.1. The minimum Gasteiger partial charge on any atom is -0.491 e. The fraction of sp³-hybridized carbons (Fsp3) is 0.360. The van der Waals surface area contributed by atoms with E-state index < -0.39 is 0 Å². The molecule has 7 nitrogen and oxygen atoms in total. The monoisotopic (exact) mass is 433 g/mol. The maximum absolute atomic E-state index is 12.7. The van der Waals surface area contributed by atoms with Crippen molar-refractivity contribution in [3.63, 3.8) is 0 Å². The zero-order valence-corrected chi connectivity index (χ0v) is 18.0. The molecule has 32 heavy (non-hydrogen) atoms. The summed E-state index contributed by atoms with van der Waals surface area (Å²) in [7, 11) is 0. The number of nitrogens with zero attached hydrogens (tertiary/aromatic N) is 2. The molecule has 5 rings (SSSR count). The van der Waals surface area contributed by atoms with Crippen molar-refractivity contribution in [2.45, 2.75) is 19.1 Å². The number of benzene rings is 2. The number of hydrogen-bond acceptors (Lipinski definition) is 5. The highest BCUT2D eigenvalue weighted by Gasteiger charge is 2.26. The zero-order chi connectivity index (χ0) is 21.9. The number of amides is 1. The molecule has 166 valence electrons. The SMILES string of the molecule is O=C(COC1COc2ccc3[nH]c(=O)ccc3c2C1)N1CCN(Cc2ccccc2)CC1. The lowest BCUT2D eigenvalue weighted by molar-refractivity contribution is -0.140. The van der Waals surface area contributed by atoms with Gasteiger partial charge in [-0.1, -0.05) is 30.3 Å². The summed E-state index contributed by atoms with van der Waals surface area (Å²) >= 11 is 0. The van der Waals surface area contributed by atoms with Crippen molar-refractivity contribution in [1.29, 1.82) is 0 Å². The Morgan fingerprint density at radius 2 is 1.84 bits per heavy atom. The van der Waals surface area contributed by atoms with E-state index in [1.165, 1.54) is 11.6 Å². The van der Waals surface area contributed by atoms with Crippen molar-refractivity contribution in [2.75, 3.05) is 39.4 Å². The van der Waals surface area contributed by atoms with Gasteiger partial charge < -0.3 is 19.4 Å². The number of aromatic nitrogens is 1. The molecule has 0 bridgehead atoms. The van der Waals surface area contributed by atoms with Crippen LogP contribution in [0.1, 0.15) is 11.1 Å². The predicted octanol–water partition coefficient (Wildman–Crippen LogP) is 2.19. The standard InChI is InChI=1S/C25H27N3O4/c29-24-9-6-20-21-14-19(16-32-23(21)8-7-22(20)26-24)31-17-25(30)28-12-10-27(11-13-28)15-18-4-2-1-3-5-18/h1-9,19H,10-17H2,(H,26,29). The third-order valence-corrected chi connectivity index (χ3v) is 6.25. The van der Waals surface area contributed by atoms with E-state index in [0.29, 0.717) is 13.0 Å². The molecule has 0 spiro atoms. The van der Waals surface area contributed by atoms with E-state index in [-0.39, 0.29) is 24.2 Å². The van der Waals surface area contributed by atoms with Crippen LogP contribution >= 0.6 is 0 Å². The van der Waals surface area contributed by atoms with E-state index in [0.717, 1.165) is 54.9 Å². The van der Waals surface area contributed by atoms with Crippen molar-refractivity contribution in [3.05, 3.63) is 76.1 Å². The second-order valence-corrected chi connectivity index (χ2v) is 8.42. The summed E-state index contributed by atoms with van der Waals surface area (Å²) in [6, 6.07) is 17.5. The van der Waals surface area contributed by atoms with E-state index in [1.54, 1.807) is 0 Å². The van der Waals surface area contributed by atoms with Crippen LogP contribution in [0.15, 0.2) is 59.4 Å². The van der Waals surface area contributed by atoms with Crippen molar-refractivity contribution in [3.8, 4) is 5.75 Å². The van der Waals surface area contributed by atoms with Crippen LogP contribution < -0.4 is 10.3 Å². The maximum atomic E-state index is 12.7. The van der Waals surface area contributed by atoms with Crippen LogP contribution in [0.4, 0.5) is 0 Å². The Morgan fingerprint density at radius 1 is 1.03 bits per heavy atom. The summed E-state index contributed by atoms with van der Waals surface area (Å²) in [5, 5.41) is 0.955. The van der Waals surface area contributed by atoms with Crippen LogP contribution in [0.5, 0.6) is 5.75 Å². The van der Waals surface area contributed by atoms with Crippen LogP contribution in [-0.4, -0.2) is 66.2 Å². The molecule has 2 aromatic carbocycles. The highest BCUT2D eigenvalue weighted by atomic mass is 16.5. The Labute approximate surface area is 186 Å². The van der Waals surface area contributed by atoms with Gasteiger partial charge in [-0.15, -0.1) is 0 Å². The van der Waals surface area contributed by atoms with Gasteiger partial charge in [-0.2, -0.15) is 0 Å². The molecule has 7 heteroatoms. The van der Waals surface area contributed by atoms with Gasteiger partial charge in [-0.05, 0) is 23.8 Å². The Kier molecular flexibility index (Phi) is 5.92. The fourth-order valence-electron chi connectivity index (χ4n) is 4.48. The lowest BCUT2D eigenvalue weighted by Crippen LogP contribution is -2.49. The Morgan fingerprint density at radius 3 is 2.66 bits per heavy atom. The van der Waals surface area contributed by atoms with Crippen LogP contribution in [0.2, 0.25) is 0 Å². The number of ether oxygens (including phenoxy) is 2. The molecule has 3 heterocycles. The summed E-state index contributed by atoms with van der Waals surface area (Å²) in [6.45, 7) is 4.56. The highest BCUT2D eigenvalue weighted by Crippen LogP contribution is 2.31. The molecule has 0 aliphatic carbocycles. The topological polar surface area (TPSA) is 74.9 Å². The van der Waals surface area contributed by atoms with Gasteiger partial charge in [0.1, 0.15) is 19.0 Å². The minimum atomic E-state index is -0.191. The Hall–Kier alpha value is -3.16. The van der Waals surface area contributed by atoms with Gasteiger partial charge in [0.15, 0.2) is 0 Å². The van der Waals surface area contributed by atoms with Gasteiger partial charge in [0, 0.05) is 61.7 Å². The summed E-state index contributed by atoms with van der Waals surface area (Å²) in [4.78, 5) is 31.4. The first-order valence-corrected chi connectivity index (χ1v) is 11.1. The van der Waals surface area contributed by atoms with Gasteiger partial charge in [0.25, 0.3) is 0 Å². The summed E-state index contributed by atoms with van der Waals surface area (Å²) in [6.07, 6.45) is 0.458. The van der Waals surface area contributed by atoms with E-state index in [4.69, 9.17) is 9.47 Å². The predicted molar refractivity (Wildman–Crippen MR) is 122 cm³/mol. The van der Waals surface area contributed by atoms with Crippen LogP contribution in [0.25, 0.3) is 10.9 Å². The number of H-pyrrole nitrogens is 1. The molecular weight excluding hydrogens is 406 g/mol. The molecule has 0 radical (unpaired) electrons. The van der Waals surface area contributed by atoms with Crippen molar-refractivity contribution in [2.24, 2.45) is 0 Å². The van der Waals surface area contributed by atoms with Crippen LogP contribution in [0.3, 0.4) is 0 Å². The van der Waals surface area contributed by atoms with E-state index >= 15 is 0 Å². The number of carbonyl (C=O) groups excluding carboxylic acids is 1. The summed E-state index contributed by atoms with van der Waals surface area (Å²) in [5.41, 5.74) is 2.96. The number of piperazine rings is 1. The van der Waals surface area contributed by atoms with Gasteiger partial charge in [-0.3, -0.25) is 14.5 Å². The second-order valence-electron chi connectivity index (χ2n) is 8.42. The number of hydrogen-bond donors (Lipinski definition) is 1. The number of aromatic amines is 1. The summed E-state index contributed by atoms with van der Waals surface area (Å²) < 4.78 is 11.8. The molecule has 1 aromatic heterocycles. The molecule has 2 aliphatic heterocycles. The maximum Gasteiger partial charge on any atom is 0.248 e. The molecule has 0 saturated carbocycles. The lowest BCUT2D eigenvalue weighted by Gasteiger charge is -2.35. The average molecular weight is 434 g/mol. The molecule has 2 aliphatic rings. The van der Waals surface area contributed by atoms with Crippen molar-refractivity contribution in [1.82, 2.24) is 14.8 Å². The number of rotatable bonds is 5. The second kappa shape index (κ2) is 9.14. The first kappa shape index (κ1) is 20.7. The van der Waals surface area contributed by atoms with Gasteiger partial charge in [0.05, 0.1) is 6.10 Å². The Balaban J connectivity index is 1.13. The molecule has 1 unspecified atom stereocenters. The molecule has 1 N–H and O–H groups in total. The largest absolute Gasteiger partial charge is 0.491 e. The molecule has 3 aromatic rings. The van der Waals surface area contributed by atoms with E-state index in [2.05, 4.69) is 34.1 Å². The number of fused-ring (bicyclic) bond motifs is 3. The van der Waals surface area contributed by atoms with E-state index in [9.17, 15) is 9.59 Å². The zero-order valence-electron chi connectivity index (χ0n) is 18.0. The lowest BCUT2D eigenvalue weighted by atomic mass is 9.99. The van der Waals surface area contributed by atoms with Gasteiger partial charge in [-0.25, -0.2) is 0 Å². The van der Waals surface area contributed by atoms with E-state index in [1.807, 2.05) is 29.2 Å². The molecule has 1 saturated heterocycles. The minimum absolute atomic E-state index is 0.0254. The third kappa shape index (κ3) is 4.54. The fourth-order valence-corrected chi connectivity index (χ4v) is 4.48. The molecule has 1 fully saturated rings. The van der Waals surface area contributed by atoms with Crippen LogP contribution in [-0.2, 0) is 22.5 Å². The Bertz CT molecular complexity index is 1150. The van der Waals surface area contributed by atoms with Crippen molar-refractivity contribution >= 4 is 16.8 Å².